The van der Waals surface area contributed by atoms with E-state index in [0.29, 0.717) is 0 Å². The molecule has 0 bridgehead atoms. The molecule has 0 spiro atoms. The molecule has 0 saturated carbocycles. The molecule has 0 fully saturated rings. The highest BCUT2D eigenvalue weighted by Crippen LogP contribution is 2.23. The normalized spacial score (nSPS) is 11.0. The molecule has 6 nitrogen and oxygen atoms in total. The van der Waals surface area contributed by atoms with Crippen LogP contribution in [0.3, 0.4) is 0 Å². The van der Waals surface area contributed by atoms with Gasteiger partial charge in [-0.1, -0.05) is 23.7 Å². The molecule has 8 heteroatoms. The van der Waals surface area contributed by atoms with Crippen LogP contribution in [0.5, 0.6) is 0 Å². The van der Waals surface area contributed by atoms with Crippen LogP contribution in [-0.4, -0.2) is 33.7 Å². The van der Waals surface area contributed by atoms with E-state index in [9.17, 15) is 18.0 Å². The van der Waals surface area contributed by atoms with E-state index in [0.717, 1.165) is 6.26 Å². The van der Waals surface area contributed by atoms with Crippen molar-refractivity contribution in [2.24, 2.45) is 0 Å². The zero-order valence-corrected chi connectivity index (χ0v) is 14.4. The van der Waals surface area contributed by atoms with Crippen molar-refractivity contribution in [3.8, 4) is 0 Å². The van der Waals surface area contributed by atoms with Crippen molar-refractivity contribution in [2.75, 3.05) is 18.7 Å². The number of hydrogen-bond acceptors (Lipinski definition) is 5. The summed E-state index contributed by atoms with van der Waals surface area (Å²) in [7, 11) is -2.26. The minimum atomic E-state index is -3.49. The van der Waals surface area contributed by atoms with Gasteiger partial charge < -0.3 is 10.1 Å². The highest BCUT2D eigenvalue weighted by molar-refractivity contribution is 7.90. The highest BCUT2D eigenvalue weighted by Gasteiger charge is 2.18. The average Bonchev–Trinajstić information content (AvgIpc) is 2.53. The first-order valence-electron chi connectivity index (χ1n) is 6.72. The molecule has 2 aromatic rings. The number of hydrogen-bond donors (Lipinski definition) is 1. The number of sulfone groups is 1. The van der Waals surface area contributed by atoms with Gasteiger partial charge in [0.25, 0.3) is 5.91 Å². The topological polar surface area (TPSA) is 89.5 Å². The van der Waals surface area contributed by atoms with Crippen LogP contribution in [0.2, 0.25) is 5.02 Å². The molecule has 0 aromatic heterocycles. The maximum atomic E-state index is 12.4. The Kier molecular flexibility index (Phi) is 5.26. The summed E-state index contributed by atoms with van der Waals surface area (Å²) < 4.78 is 27.9. The average molecular weight is 368 g/mol. The van der Waals surface area contributed by atoms with E-state index in [1.807, 2.05) is 0 Å². The summed E-state index contributed by atoms with van der Waals surface area (Å²) in [6.45, 7) is 0. The molecule has 2 rings (SSSR count). The van der Waals surface area contributed by atoms with Crippen molar-refractivity contribution in [1.29, 1.82) is 0 Å². The molecule has 0 unspecified atom stereocenters. The summed E-state index contributed by atoms with van der Waals surface area (Å²) in [4.78, 5) is 24.1. The van der Waals surface area contributed by atoms with Gasteiger partial charge in [-0.2, -0.15) is 0 Å². The molecule has 1 N–H and O–H groups in total. The number of nitrogens with one attached hydrogen (secondary N) is 1. The van der Waals surface area contributed by atoms with Gasteiger partial charge in [-0.05, 0) is 30.3 Å². The standard InChI is InChI=1S/C16H14ClNO5S/c1-23-16(20)11-5-3-4-6-14(11)18-15(19)12-9-10(24(2,21)22)7-8-13(12)17/h3-9H,1-2H3,(H,18,19). The van der Waals surface area contributed by atoms with Crippen LogP contribution in [0.15, 0.2) is 47.4 Å². The third kappa shape index (κ3) is 3.93. The fourth-order valence-electron chi connectivity index (χ4n) is 1.98. The lowest BCUT2D eigenvalue weighted by Crippen LogP contribution is -2.16. The maximum absolute atomic E-state index is 12.4. The van der Waals surface area contributed by atoms with Crippen LogP contribution in [0.25, 0.3) is 0 Å². The Bertz CT molecular complexity index is 908. The number of ether oxygens (including phenoxy) is 1. The lowest BCUT2D eigenvalue weighted by molar-refractivity contribution is 0.0602. The van der Waals surface area contributed by atoms with Crippen molar-refractivity contribution < 1.29 is 22.7 Å². The van der Waals surface area contributed by atoms with Gasteiger partial charge in [0.1, 0.15) is 0 Å². The quantitative estimate of drug-likeness (QED) is 0.839. The van der Waals surface area contributed by atoms with Crippen LogP contribution in [0, 0.1) is 0 Å². The van der Waals surface area contributed by atoms with E-state index in [1.54, 1.807) is 12.1 Å². The second-order valence-corrected chi connectivity index (χ2v) is 7.33. The number of methoxy groups -OCH3 is 1. The van der Waals surface area contributed by atoms with Crippen LogP contribution < -0.4 is 5.32 Å². The number of carbonyl (C=O) groups is 2. The highest BCUT2D eigenvalue weighted by atomic mass is 35.5. The van der Waals surface area contributed by atoms with Crippen molar-refractivity contribution in [3.63, 3.8) is 0 Å². The first-order chi connectivity index (χ1) is 11.2. The van der Waals surface area contributed by atoms with E-state index in [4.69, 9.17) is 11.6 Å². The van der Waals surface area contributed by atoms with Crippen LogP contribution >= 0.6 is 11.6 Å². The molecule has 0 saturated heterocycles. The monoisotopic (exact) mass is 367 g/mol. The number of anilines is 1. The molecule has 0 heterocycles. The Morgan fingerprint density at radius 1 is 1.08 bits per heavy atom. The lowest BCUT2D eigenvalue weighted by atomic mass is 10.1. The van der Waals surface area contributed by atoms with Crippen molar-refractivity contribution in [1.82, 2.24) is 0 Å². The van der Waals surface area contributed by atoms with Crippen molar-refractivity contribution in [2.45, 2.75) is 4.90 Å². The summed E-state index contributed by atoms with van der Waals surface area (Å²) in [5.74, 6) is -1.25. The number of para-hydroxylation sites is 1. The van der Waals surface area contributed by atoms with Crippen molar-refractivity contribution in [3.05, 3.63) is 58.6 Å². The minimum Gasteiger partial charge on any atom is -0.465 e. The smallest absolute Gasteiger partial charge is 0.339 e. The van der Waals surface area contributed by atoms with E-state index >= 15 is 0 Å². The molecule has 1 amide bonds. The van der Waals surface area contributed by atoms with E-state index in [-0.39, 0.29) is 26.7 Å². The van der Waals surface area contributed by atoms with Gasteiger partial charge in [0, 0.05) is 6.26 Å². The second kappa shape index (κ2) is 7.02. The van der Waals surface area contributed by atoms with Gasteiger partial charge in [0.2, 0.25) is 0 Å². The number of amides is 1. The van der Waals surface area contributed by atoms with Gasteiger partial charge in [-0.3, -0.25) is 4.79 Å². The number of rotatable bonds is 4. The predicted molar refractivity (Wildman–Crippen MR) is 90.3 cm³/mol. The Labute approximate surface area is 144 Å². The van der Waals surface area contributed by atoms with Crippen LogP contribution in [0.4, 0.5) is 5.69 Å². The Morgan fingerprint density at radius 2 is 1.75 bits per heavy atom. The molecule has 126 valence electrons. The Morgan fingerprint density at radius 3 is 2.38 bits per heavy atom. The molecule has 2 aromatic carbocycles. The fraction of sp³-hybridized carbons (Fsp3) is 0.125. The Hall–Kier alpha value is -2.38. The molecular formula is C16H14ClNO5S. The predicted octanol–water partition coefficient (Wildman–Crippen LogP) is 2.78. The number of carbonyl (C=O) groups excluding carboxylic acids is 2. The van der Waals surface area contributed by atoms with E-state index < -0.39 is 21.7 Å². The molecule has 0 aliphatic rings. The van der Waals surface area contributed by atoms with Gasteiger partial charge in [0.05, 0.1) is 33.8 Å². The van der Waals surface area contributed by atoms with Gasteiger partial charge in [0.15, 0.2) is 9.84 Å². The van der Waals surface area contributed by atoms with E-state index in [2.05, 4.69) is 10.1 Å². The summed E-state index contributed by atoms with van der Waals surface area (Å²) >= 11 is 5.99. The third-order valence-corrected chi connectivity index (χ3v) is 4.63. The second-order valence-electron chi connectivity index (χ2n) is 4.91. The van der Waals surface area contributed by atoms with Gasteiger partial charge in [-0.15, -0.1) is 0 Å². The summed E-state index contributed by atoms with van der Waals surface area (Å²) in [5, 5.41) is 2.64. The SMILES string of the molecule is COC(=O)c1ccccc1NC(=O)c1cc(S(C)(=O)=O)ccc1Cl. The first kappa shape index (κ1) is 18.0. The third-order valence-electron chi connectivity index (χ3n) is 3.19. The van der Waals surface area contributed by atoms with Gasteiger partial charge in [-0.25, -0.2) is 13.2 Å². The zero-order valence-electron chi connectivity index (χ0n) is 12.9. The zero-order chi connectivity index (χ0) is 17.9. The lowest BCUT2D eigenvalue weighted by Gasteiger charge is -2.11. The molecule has 24 heavy (non-hydrogen) atoms. The first-order valence-corrected chi connectivity index (χ1v) is 8.99. The van der Waals surface area contributed by atoms with Crippen LogP contribution in [-0.2, 0) is 14.6 Å². The summed E-state index contributed by atoms with van der Waals surface area (Å²) in [6, 6.07) is 10.1. The molecule has 0 aliphatic heterocycles. The molecular weight excluding hydrogens is 354 g/mol. The molecule has 0 radical (unpaired) electrons. The summed E-state index contributed by atoms with van der Waals surface area (Å²) in [6.07, 6.45) is 1.03. The van der Waals surface area contributed by atoms with Gasteiger partial charge >= 0.3 is 5.97 Å². The molecule has 0 atom stereocenters. The summed E-state index contributed by atoms with van der Waals surface area (Å²) in [5.41, 5.74) is 0.387. The Balaban J connectivity index is 2.40. The van der Waals surface area contributed by atoms with Crippen molar-refractivity contribution >= 4 is 39.0 Å². The minimum absolute atomic E-state index is 0.0146. The largest absolute Gasteiger partial charge is 0.465 e. The molecule has 0 aliphatic carbocycles. The van der Waals surface area contributed by atoms with E-state index in [1.165, 1.54) is 37.4 Å². The number of esters is 1. The maximum Gasteiger partial charge on any atom is 0.339 e. The number of benzene rings is 2. The fourth-order valence-corrected chi connectivity index (χ4v) is 2.83. The van der Waals surface area contributed by atoms with Crippen LogP contribution in [0.1, 0.15) is 20.7 Å². The number of halogens is 1.